The Bertz CT molecular complexity index is 664. The summed E-state index contributed by atoms with van der Waals surface area (Å²) in [5.41, 5.74) is 1.51. The normalized spacial score (nSPS) is 10.2. The molecule has 0 unspecified atom stereocenters. The van der Waals surface area contributed by atoms with E-state index in [2.05, 4.69) is 0 Å². The van der Waals surface area contributed by atoms with Crippen LogP contribution in [0.2, 0.25) is 5.02 Å². The van der Waals surface area contributed by atoms with Crippen molar-refractivity contribution >= 4 is 23.5 Å². The molecule has 96 valence electrons. The Kier molecular flexibility index (Phi) is 3.53. The summed E-state index contributed by atoms with van der Waals surface area (Å²) >= 11 is 5.88. The zero-order valence-electron chi connectivity index (χ0n) is 9.63. The van der Waals surface area contributed by atoms with Crippen molar-refractivity contribution in [3.8, 4) is 11.1 Å². The van der Waals surface area contributed by atoms with Crippen LogP contribution < -0.4 is 0 Å². The van der Waals surface area contributed by atoms with Gasteiger partial charge in [0.15, 0.2) is 0 Å². The van der Waals surface area contributed by atoms with Crippen molar-refractivity contribution in [3.05, 3.63) is 58.6 Å². The van der Waals surface area contributed by atoms with Gasteiger partial charge in [-0.05, 0) is 35.4 Å². The lowest BCUT2D eigenvalue weighted by Gasteiger charge is -2.05. The Morgan fingerprint density at radius 3 is 2.16 bits per heavy atom. The van der Waals surface area contributed by atoms with Crippen LogP contribution in [0.15, 0.2) is 42.5 Å². The lowest BCUT2D eigenvalue weighted by molar-refractivity contribution is 0.0686. The molecular formula is C14H9ClO4. The minimum atomic E-state index is -1.10. The van der Waals surface area contributed by atoms with Crippen LogP contribution in [0.3, 0.4) is 0 Å². The SMILES string of the molecule is O=C(O)c1cccc(-c2ccc(C(=O)O)c(Cl)c2)c1. The van der Waals surface area contributed by atoms with Gasteiger partial charge < -0.3 is 10.2 Å². The summed E-state index contributed by atoms with van der Waals surface area (Å²) in [5.74, 6) is -2.12. The first-order valence-corrected chi connectivity index (χ1v) is 5.73. The fourth-order valence-corrected chi connectivity index (χ4v) is 1.96. The van der Waals surface area contributed by atoms with E-state index < -0.39 is 11.9 Å². The second-order valence-corrected chi connectivity index (χ2v) is 4.29. The maximum Gasteiger partial charge on any atom is 0.337 e. The number of hydrogen-bond donors (Lipinski definition) is 2. The zero-order chi connectivity index (χ0) is 14.0. The smallest absolute Gasteiger partial charge is 0.337 e. The van der Waals surface area contributed by atoms with Crippen molar-refractivity contribution in [2.24, 2.45) is 0 Å². The van der Waals surface area contributed by atoms with Crippen molar-refractivity contribution in [1.29, 1.82) is 0 Å². The van der Waals surface area contributed by atoms with Crippen molar-refractivity contribution in [3.63, 3.8) is 0 Å². The molecule has 0 aliphatic carbocycles. The van der Waals surface area contributed by atoms with E-state index in [9.17, 15) is 9.59 Å². The quantitative estimate of drug-likeness (QED) is 0.901. The molecule has 0 saturated heterocycles. The second kappa shape index (κ2) is 5.12. The maximum atomic E-state index is 10.9. The van der Waals surface area contributed by atoms with Gasteiger partial charge in [0.1, 0.15) is 0 Å². The van der Waals surface area contributed by atoms with Gasteiger partial charge in [-0.2, -0.15) is 0 Å². The summed E-state index contributed by atoms with van der Waals surface area (Å²) < 4.78 is 0. The van der Waals surface area contributed by atoms with Crippen LogP contribution in [0.5, 0.6) is 0 Å². The Morgan fingerprint density at radius 1 is 0.895 bits per heavy atom. The first-order chi connectivity index (χ1) is 8.99. The fourth-order valence-electron chi connectivity index (χ4n) is 1.70. The summed E-state index contributed by atoms with van der Waals surface area (Å²) in [6.07, 6.45) is 0. The predicted molar refractivity (Wildman–Crippen MR) is 70.8 cm³/mol. The minimum absolute atomic E-state index is 0.0137. The first-order valence-electron chi connectivity index (χ1n) is 5.35. The van der Waals surface area contributed by atoms with E-state index in [1.807, 2.05) is 0 Å². The van der Waals surface area contributed by atoms with Crippen LogP contribution in [0, 0.1) is 0 Å². The highest BCUT2D eigenvalue weighted by Gasteiger charge is 2.10. The molecule has 0 saturated carbocycles. The van der Waals surface area contributed by atoms with Crippen molar-refractivity contribution in [2.45, 2.75) is 0 Å². The maximum absolute atomic E-state index is 10.9. The third-order valence-electron chi connectivity index (χ3n) is 2.64. The molecule has 4 nitrogen and oxygen atoms in total. The molecule has 0 atom stereocenters. The summed E-state index contributed by atoms with van der Waals surface area (Å²) in [4.78, 5) is 21.7. The van der Waals surface area contributed by atoms with E-state index in [0.29, 0.717) is 11.1 Å². The van der Waals surface area contributed by atoms with Gasteiger partial charge in [-0.3, -0.25) is 0 Å². The number of aromatic carboxylic acids is 2. The molecule has 0 aliphatic heterocycles. The summed E-state index contributed by atoms with van der Waals surface area (Å²) in [5, 5.41) is 17.9. The summed E-state index contributed by atoms with van der Waals surface area (Å²) in [7, 11) is 0. The fraction of sp³-hybridized carbons (Fsp3) is 0. The molecule has 2 aromatic carbocycles. The van der Waals surface area contributed by atoms with Crippen LogP contribution >= 0.6 is 11.6 Å². The predicted octanol–water partition coefficient (Wildman–Crippen LogP) is 3.40. The Hall–Kier alpha value is -2.33. The molecule has 5 heteroatoms. The molecule has 0 heterocycles. The lowest BCUT2D eigenvalue weighted by atomic mass is 10.0. The highest BCUT2D eigenvalue weighted by molar-refractivity contribution is 6.33. The molecule has 2 aromatic rings. The zero-order valence-corrected chi connectivity index (χ0v) is 10.4. The number of rotatable bonds is 3. The van der Waals surface area contributed by atoms with E-state index >= 15 is 0 Å². The molecule has 2 N–H and O–H groups in total. The third-order valence-corrected chi connectivity index (χ3v) is 2.96. The highest BCUT2D eigenvalue weighted by atomic mass is 35.5. The van der Waals surface area contributed by atoms with E-state index in [4.69, 9.17) is 21.8 Å². The van der Waals surface area contributed by atoms with Crippen LogP contribution in [0.1, 0.15) is 20.7 Å². The van der Waals surface area contributed by atoms with Gasteiger partial charge >= 0.3 is 11.9 Å². The number of halogens is 1. The number of carboxylic acids is 2. The van der Waals surface area contributed by atoms with Gasteiger partial charge in [0.25, 0.3) is 0 Å². The average Bonchev–Trinajstić information content (AvgIpc) is 2.38. The van der Waals surface area contributed by atoms with Crippen LogP contribution in [-0.4, -0.2) is 22.2 Å². The van der Waals surface area contributed by atoms with E-state index in [1.54, 1.807) is 18.2 Å². The Morgan fingerprint density at radius 2 is 1.58 bits per heavy atom. The highest BCUT2D eigenvalue weighted by Crippen LogP contribution is 2.26. The average molecular weight is 277 g/mol. The van der Waals surface area contributed by atoms with Crippen molar-refractivity contribution in [2.75, 3.05) is 0 Å². The van der Waals surface area contributed by atoms with Gasteiger partial charge in [0.2, 0.25) is 0 Å². The van der Waals surface area contributed by atoms with E-state index in [-0.39, 0.29) is 16.1 Å². The standard InChI is InChI=1S/C14H9ClO4/c15-12-7-9(4-5-11(12)14(18)19)8-2-1-3-10(6-8)13(16)17/h1-7H,(H,16,17)(H,18,19). The van der Waals surface area contributed by atoms with E-state index in [1.165, 1.54) is 24.3 Å². The van der Waals surface area contributed by atoms with E-state index in [0.717, 1.165) is 0 Å². The molecule has 0 spiro atoms. The lowest BCUT2D eigenvalue weighted by Crippen LogP contribution is -1.98. The molecule has 19 heavy (non-hydrogen) atoms. The molecule has 0 amide bonds. The van der Waals surface area contributed by atoms with Crippen LogP contribution in [-0.2, 0) is 0 Å². The number of benzene rings is 2. The topological polar surface area (TPSA) is 74.6 Å². The molecule has 0 fully saturated rings. The molecule has 0 aromatic heterocycles. The monoisotopic (exact) mass is 276 g/mol. The number of carbonyl (C=O) groups is 2. The number of carboxylic acid groups (broad SMARTS) is 2. The molecule has 0 aliphatic rings. The summed E-state index contributed by atoms with van der Waals surface area (Å²) in [6, 6.07) is 10.8. The third kappa shape index (κ3) is 2.74. The van der Waals surface area contributed by atoms with Crippen molar-refractivity contribution in [1.82, 2.24) is 0 Å². The second-order valence-electron chi connectivity index (χ2n) is 3.89. The molecule has 2 rings (SSSR count). The molecule has 0 bridgehead atoms. The Balaban J connectivity index is 2.48. The van der Waals surface area contributed by atoms with Crippen LogP contribution in [0.25, 0.3) is 11.1 Å². The van der Waals surface area contributed by atoms with Gasteiger partial charge in [-0.15, -0.1) is 0 Å². The van der Waals surface area contributed by atoms with Crippen LogP contribution in [0.4, 0.5) is 0 Å². The largest absolute Gasteiger partial charge is 0.478 e. The van der Waals surface area contributed by atoms with Gasteiger partial charge in [-0.1, -0.05) is 29.8 Å². The molecular weight excluding hydrogens is 268 g/mol. The van der Waals surface area contributed by atoms with Gasteiger partial charge in [0.05, 0.1) is 16.1 Å². The minimum Gasteiger partial charge on any atom is -0.478 e. The molecule has 0 radical (unpaired) electrons. The number of hydrogen-bond acceptors (Lipinski definition) is 2. The summed E-state index contributed by atoms with van der Waals surface area (Å²) in [6.45, 7) is 0. The first kappa shape index (κ1) is 13.1. The van der Waals surface area contributed by atoms with Crippen molar-refractivity contribution < 1.29 is 19.8 Å². The van der Waals surface area contributed by atoms with Gasteiger partial charge in [-0.25, -0.2) is 9.59 Å². The van der Waals surface area contributed by atoms with Gasteiger partial charge in [0, 0.05) is 0 Å². The Labute approximate surface area is 113 Å².